The van der Waals surface area contributed by atoms with Crippen molar-refractivity contribution in [2.24, 2.45) is 0 Å². The van der Waals surface area contributed by atoms with Gasteiger partial charge >= 0.3 is 134 Å². The molecule has 0 aromatic carbocycles. The van der Waals surface area contributed by atoms with Crippen LogP contribution < -0.4 is 24.8 Å². The molecule has 0 aromatic heterocycles. The van der Waals surface area contributed by atoms with E-state index in [1.54, 1.807) is 0 Å². The number of fused-ring (bicyclic) bond motifs is 2. The molecule has 2 nitrogen and oxygen atoms in total. The molecule has 3 aliphatic rings. The molecule has 117 valence electrons. The summed E-state index contributed by atoms with van der Waals surface area (Å²) in [6.45, 7) is 11.0. The van der Waals surface area contributed by atoms with E-state index in [1.807, 2.05) is 6.08 Å². The SMILES string of the molecule is CC[Si]1(C)C2=[C]([Ti+2])C3=CC=C(O[Si](C)(C)C)C(=O)C3=C21.[Cl-].[Cl-]. The van der Waals surface area contributed by atoms with Crippen molar-refractivity contribution in [1.82, 2.24) is 0 Å². The Labute approximate surface area is 158 Å². The van der Waals surface area contributed by atoms with Crippen LogP contribution in [0.25, 0.3) is 0 Å². The molecular weight excluding hydrogens is 387 g/mol. The molecular formula is C15H19Cl2O2Si2Ti. The first-order valence-electron chi connectivity index (χ1n) is 7.08. The predicted molar refractivity (Wildman–Crippen MR) is 81.8 cm³/mol. The van der Waals surface area contributed by atoms with Crippen molar-refractivity contribution >= 4 is 22.2 Å². The quantitative estimate of drug-likeness (QED) is 0.487. The molecule has 1 fully saturated rings. The van der Waals surface area contributed by atoms with E-state index >= 15 is 0 Å². The monoisotopic (exact) mass is 405 g/mol. The Bertz CT molecular complexity index is 672. The fourth-order valence-corrected chi connectivity index (χ4v) is 9.87. The van der Waals surface area contributed by atoms with E-state index in [2.05, 4.69) is 59.6 Å². The molecule has 22 heavy (non-hydrogen) atoms. The van der Waals surface area contributed by atoms with Crippen molar-refractivity contribution < 1.29 is 54.5 Å². The number of hydrogen-bond donors (Lipinski definition) is 0. The Morgan fingerprint density at radius 1 is 1.18 bits per heavy atom. The van der Waals surface area contributed by atoms with E-state index in [9.17, 15) is 4.79 Å². The fourth-order valence-electron chi connectivity index (χ4n) is 3.13. The minimum Gasteiger partial charge on any atom is -1.00 e. The molecule has 0 N–H and O–H groups in total. The molecule has 1 saturated heterocycles. The molecule has 1 heterocycles. The summed E-state index contributed by atoms with van der Waals surface area (Å²) >= 11 is 2.17. The zero-order chi connectivity index (χ0) is 14.9. The standard InChI is InChI=1S/C15H19O2Si2.2ClH.Ti/c1-6-19(5)12-9-10-7-8-11(17-18(2,3)4)14(16)13(10)15(12)19;;;/h7-8H,6H2,1-5H3;2*1H;/q;;;+2/p-2. The van der Waals surface area contributed by atoms with E-state index in [4.69, 9.17) is 4.43 Å². The van der Waals surface area contributed by atoms with Crippen molar-refractivity contribution in [2.45, 2.75) is 39.2 Å². The molecule has 0 amide bonds. The molecule has 2 aliphatic carbocycles. The summed E-state index contributed by atoms with van der Waals surface area (Å²) in [5.74, 6) is 0.683. The van der Waals surface area contributed by atoms with E-state index in [0.29, 0.717) is 5.76 Å². The molecule has 0 aromatic rings. The van der Waals surface area contributed by atoms with Crippen molar-refractivity contribution in [3.05, 3.63) is 43.3 Å². The van der Waals surface area contributed by atoms with Gasteiger partial charge in [0.15, 0.2) is 0 Å². The minimum absolute atomic E-state index is 0. The topological polar surface area (TPSA) is 26.3 Å². The van der Waals surface area contributed by atoms with Gasteiger partial charge in [-0.05, 0) is 0 Å². The van der Waals surface area contributed by atoms with Crippen LogP contribution in [0.2, 0.25) is 32.2 Å². The van der Waals surface area contributed by atoms with Crippen LogP contribution in [-0.2, 0) is 29.7 Å². The number of rotatable bonds is 3. The summed E-state index contributed by atoms with van der Waals surface area (Å²) in [5.41, 5.74) is 2.13. The first-order chi connectivity index (χ1) is 9.20. The molecule has 0 bridgehead atoms. The summed E-state index contributed by atoms with van der Waals surface area (Å²) in [6, 6.07) is 1.20. The second-order valence-corrected chi connectivity index (χ2v) is 16.4. The maximum atomic E-state index is 12.8. The van der Waals surface area contributed by atoms with Gasteiger partial charge in [0.1, 0.15) is 0 Å². The van der Waals surface area contributed by atoms with E-state index < -0.39 is 16.4 Å². The molecule has 0 spiro atoms. The number of Topliss-reactive ketones (excluding diaryl/α,β-unsaturated/α-hetero) is 1. The third kappa shape index (κ3) is 2.83. The van der Waals surface area contributed by atoms with Gasteiger partial charge in [-0.25, -0.2) is 0 Å². The number of hydrogen-bond acceptors (Lipinski definition) is 2. The zero-order valence-electron chi connectivity index (χ0n) is 13.4. The maximum Gasteiger partial charge on any atom is -1.00 e. The van der Waals surface area contributed by atoms with Crippen LogP contribution in [0, 0.1) is 0 Å². The molecule has 1 unspecified atom stereocenters. The number of allylic oxidation sites excluding steroid dienone is 7. The van der Waals surface area contributed by atoms with Gasteiger partial charge in [0, 0.05) is 0 Å². The van der Waals surface area contributed by atoms with E-state index in [1.165, 1.54) is 20.3 Å². The molecule has 1 atom stereocenters. The van der Waals surface area contributed by atoms with Gasteiger partial charge < -0.3 is 24.8 Å². The van der Waals surface area contributed by atoms with Crippen LogP contribution in [0.1, 0.15) is 6.92 Å². The van der Waals surface area contributed by atoms with Crippen LogP contribution in [0.3, 0.4) is 0 Å². The van der Waals surface area contributed by atoms with Crippen LogP contribution >= 0.6 is 0 Å². The number of halogens is 2. The summed E-state index contributed by atoms with van der Waals surface area (Å²) in [6.07, 6.45) is 3.96. The summed E-state index contributed by atoms with van der Waals surface area (Å²) in [4.78, 5) is 12.8. The van der Waals surface area contributed by atoms with Gasteiger partial charge in [0.2, 0.25) is 0 Å². The minimum atomic E-state index is -1.74. The molecule has 0 saturated carbocycles. The van der Waals surface area contributed by atoms with Crippen molar-refractivity contribution in [3.63, 3.8) is 0 Å². The number of carbonyl (C=O) groups is 1. The second-order valence-electron chi connectivity index (χ2n) is 6.84. The first kappa shape index (κ1) is 20.2. The summed E-state index contributed by atoms with van der Waals surface area (Å²) in [7, 11) is -3.15. The summed E-state index contributed by atoms with van der Waals surface area (Å²) < 4.78 is 7.32. The average Bonchev–Trinajstić information content (AvgIpc) is 2.82. The number of carbonyl (C=O) groups excluding carboxylic acids is 1. The van der Waals surface area contributed by atoms with Gasteiger partial charge in [0.05, 0.1) is 0 Å². The normalized spacial score (nSPS) is 25.7. The molecule has 7 heteroatoms. The Morgan fingerprint density at radius 2 is 1.77 bits per heavy atom. The Kier molecular flexibility index (Phi) is 5.72. The maximum absolute atomic E-state index is 12.8. The van der Waals surface area contributed by atoms with Crippen LogP contribution in [0.4, 0.5) is 0 Å². The molecule has 1 aliphatic heterocycles. The van der Waals surface area contributed by atoms with Crippen molar-refractivity contribution in [3.8, 4) is 0 Å². The van der Waals surface area contributed by atoms with E-state index in [0.717, 1.165) is 11.1 Å². The number of ketones is 1. The van der Waals surface area contributed by atoms with Crippen molar-refractivity contribution in [2.75, 3.05) is 0 Å². The fraction of sp³-hybridized carbons (Fsp3) is 0.400. The molecule has 0 radical (unpaired) electrons. The Morgan fingerprint density at radius 3 is 2.27 bits per heavy atom. The zero-order valence-corrected chi connectivity index (χ0v) is 18.5. The van der Waals surface area contributed by atoms with Crippen LogP contribution in [0.15, 0.2) is 43.3 Å². The third-order valence-electron chi connectivity index (χ3n) is 4.31. The van der Waals surface area contributed by atoms with Crippen LogP contribution in [0.5, 0.6) is 0 Å². The Hall–Kier alpha value is 0.158. The van der Waals surface area contributed by atoms with Gasteiger partial charge in [-0.2, -0.15) is 0 Å². The smallest absolute Gasteiger partial charge is 1.00 e. The van der Waals surface area contributed by atoms with Crippen molar-refractivity contribution in [1.29, 1.82) is 0 Å². The summed E-state index contributed by atoms with van der Waals surface area (Å²) in [5, 5.41) is 2.95. The average molecular weight is 406 g/mol. The largest absolute Gasteiger partial charge is 1.00 e. The van der Waals surface area contributed by atoms with Crippen LogP contribution in [-0.4, -0.2) is 22.2 Å². The van der Waals surface area contributed by atoms with Gasteiger partial charge in [-0.3, -0.25) is 0 Å². The predicted octanol–water partition coefficient (Wildman–Crippen LogP) is -2.46. The molecule has 3 rings (SSSR count). The van der Waals surface area contributed by atoms with Gasteiger partial charge in [-0.15, -0.1) is 0 Å². The van der Waals surface area contributed by atoms with Gasteiger partial charge in [-0.1, -0.05) is 0 Å². The third-order valence-corrected chi connectivity index (χ3v) is 10.7. The van der Waals surface area contributed by atoms with E-state index in [-0.39, 0.29) is 30.6 Å². The second kappa shape index (κ2) is 6.23. The Balaban J connectivity index is 0.00000121. The first-order valence-corrected chi connectivity index (χ1v) is 14.0. The van der Waals surface area contributed by atoms with Gasteiger partial charge in [0.25, 0.3) is 0 Å².